The molecular formula is C23H52O24P6. The number of phosphoric acid groups is 6. The summed E-state index contributed by atoms with van der Waals surface area (Å²) >= 11 is 0. The molecule has 11 atom stereocenters. The Balaban J connectivity index is 0.000000530. The number of hydrogen-bond donors (Lipinski definition) is 2. The van der Waals surface area contributed by atoms with Crippen molar-refractivity contribution in [1.29, 1.82) is 0 Å². The summed E-state index contributed by atoms with van der Waals surface area (Å²) in [5, 5.41) is 20.1. The molecule has 2 fully saturated rings. The number of rotatable bonds is 24. The van der Waals surface area contributed by atoms with Crippen molar-refractivity contribution in [3.8, 4) is 0 Å². The lowest BCUT2D eigenvalue weighted by Crippen LogP contribution is -2.30. The van der Waals surface area contributed by atoms with Gasteiger partial charge in [-0.05, 0) is 19.8 Å². The van der Waals surface area contributed by atoms with E-state index in [-0.39, 0.29) is 31.3 Å². The molecule has 0 aliphatic carbocycles. The van der Waals surface area contributed by atoms with Crippen LogP contribution < -0.4 is 0 Å². The summed E-state index contributed by atoms with van der Waals surface area (Å²) in [4.78, 5) is 0. The zero-order chi connectivity index (χ0) is 40.9. The van der Waals surface area contributed by atoms with Crippen molar-refractivity contribution in [2.24, 2.45) is 5.92 Å². The molecule has 0 amide bonds. The Kier molecular flexibility index (Phi) is 22.1. The van der Waals surface area contributed by atoms with Crippen LogP contribution in [0.2, 0.25) is 0 Å². The molecule has 0 bridgehead atoms. The summed E-state index contributed by atoms with van der Waals surface area (Å²) < 4.78 is 150. The molecule has 0 spiro atoms. The third kappa shape index (κ3) is 15.7. The SMILES string of the molecule is CCC1C(C)OC(COP(=O)(OC)OP(=O)(OC)OP(=O)(OC)OC)C1O.CCC1CC(O)C(COP(=O)(OC)OP(=O)(OC)OP(=O)(OC)OC)O1. The van der Waals surface area contributed by atoms with Crippen LogP contribution in [0.1, 0.15) is 40.0 Å². The first kappa shape index (κ1) is 51.7. The smallest absolute Gasteiger partial charge is 0.390 e. The molecule has 0 radical (unpaired) electrons. The highest BCUT2D eigenvalue weighted by Crippen LogP contribution is 2.73. The Morgan fingerprint density at radius 1 is 0.528 bits per heavy atom. The van der Waals surface area contributed by atoms with Gasteiger partial charge in [-0.15, -0.1) is 0 Å². The van der Waals surface area contributed by atoms with Gasteiger partial charge in [0.05, 0.1) is 37.6 Å². The summed E-state index contributed by atoms with van der Waals surface area (Å²) in [6.45, 7) is 4.82. The van der Waals surface area contributed by atoms with E-state index in [0.717, 1.165) is 56.9 Å². The molecule has 2 aliphatic heterocycles. The van der Waals surface area contributed by atoms with Crippen LogP contribution in [0, 0.1) is 5.92 Å². The predicted octanol–water partition coefficient (Wildman–Crippen LogP) is 6.00. The lowest BCUT2D eigenvalue weighted by Gasteiger charge is -2.24. The molecule has 318 valence electrons. The van der Waals surface area contributed by atoms with E-state index in [0.29, 0.717) is 19.3 Å². The maximum Gasteiger partial charge on any atom is 0.492 e. The van der Waals surface area contributed by atoms with Crippen molar-refractivity contribution in [3.63, 3.8) is 0 Å². The normalized spacial score (nSPS) is 29.7. The second kappa shape index (κ2) is 22.7. The molecule has 0 aromatic rings. The number of aliphatic hydroxyl groups is 2. The molecule has 2 saturated heterocycles. The van der Waals surface area contributed by atoms with Crippen LogP contribution >= 0.6 is 46.9 Å². The molecule has 2 rings (SSSR count). The van der Waals surface area contributed by atoms with Gasteiger partial charge in [0.2, 0.25) is 0 Å². The van der Waals surface area contributed by atoms with Gasteiger partial charge in [0.25, 0.3) is 0 Å². The molecule has 0 saturated carbocycles. The van der Waals surface area contributed by atoms with Crippen molar-refractivity contribution in [2.45, 2.75) is 76.7 Å². The molecule has 24 nitrogen and oxygen atoms in total. The van der Waals surface area contributed by atoms with Crippen LogP contribution in [-0.2, 0) is 99.3 Å². The van der Waals surface area contributed by atoms with Gasteiger partial charge in [0.1, 0.15) is 12.2 Å². The molecular weight excluding hydrogens is 846 g/mol. The third-order valence-corrected chi connectivity index (χ3v) is 18.3. The lowest BCUT2D eigenvalue weighted by atomic mass is 9.95. The summed E-state index contributed by atoms with van der Waals surface area (Å²) in [7, 11) is -19.4. The molecule has 0 aromatic heterocycles. The van der Waals surface area contributed by atoms with Gasteiger partial charge < -0.3 is 19.7 Å². The highest BCUT2D eigenvalue weighted by Gasteiger charge is 2.49. The summed E-state index contributed by atoms with van der Waals surface area (Å²) in [6, 6.07) is 0. The molecule has 0 aromatic carbocycles. The fraction of sp³-hybridized carbons (Fsp3) is 1.00. The number of hydrogen-bond acceptors (Lipinski definition) is 24. The van der Waals surface area contributed by atoms with E-state index < -0.39 is 71.4 Å². The maximum absolute atomic E-state index is 12.6. The highest BCUT2D eigenvalue weighted by atomic mass is 31.3. The average Bonchev–Trinajstić information content (AvgIpc) is 3.65. The zero-order valence-corrected chi connectivity index (χ0v) is 36.5. The molecule has 53 heavy (non-hydrogen) atoms. The van der Waals surface area contributed by atoms with E-state index in [1.807, 2.05) is 13.8 Å². The predicted molar refractivity (Wildman–Crippen MR) is 182 cm³/mol. The minimum Gasteiger partial charge on any atom is -0.390 e. The molecule has 2 N–H and O–H groups in total. The average molecular weight is 898 g/mol. The second-order valence-electron chi connectivity index (χ2n) is 10.5. The fourth-order valence-corrected chi connectivity index (χ4v) is 13.3. The van der Waals surface area contributed by atoms with Gasteiger partial charge in [-0.1, -0.05) is 13.8 Å². The standard InChI is InChI=1S/C12H27O12P3.C11H25O12P3/c1-7-10-9(2)22-11(12(10)13)8-21-26(15,19-5)24-27(16,20-6)23-25(14,17-3)18-4;1-6-9-7-10(12)11(21-9)8-20-25(14,18-4)23-26(15,19-5)22-24(13,16-2)17-3/h9-13H,7-8H2,1-6H3;9-12H,6-8H2,1-5H3. The van der Waals surface area contributed by atoms with E-state index in [1.54, 1.807) is 6.92 Å². The fourth-order valence-electron chi connectivity index (χ4n) is 4.43. The highest BCUT2D eigenvalue weighted by molar-refractivity contribution is 7.68. The Bertz CT molecular complexity index is 1380. The van der Waals surface area contributed by atoms with Crippen LogP contribution in [0.4, 0.5) is 0 Å². The van der Waals surface area contributed by atoms with Crippen LogP contribution in [-0.4, -0.2) is 117 Å². The molecule has 30 heteroatoms. The van der Waals surface area contributed by atoms with Crippen molar-refractivity contribution in [2.75, 3.05) is 70.1 Å². The van der Waals surface area contributed by atoms with Gasteiger partial charge in [-0.2, -0.15) is 17.2 Å². The van der Waals surface area contributed by atoms with E-state index in [1.165, 1.54) is 0 Å². The van der Waals surface area contributed by atoms with Crippen molar-refractivity contribution in [3.05, 3.63) is 0 Å². The first-order chi connectivity index (χ1) is 24.6. The van der Waals surface area contributed by atoms with Crippen LogP contribution in [0.5, 0.6) is 0 Å². The first-order valence-corrected chi connectivity index (χ1v) is 24.2. The second-order valence-corrected chi connectivity index (χ2v) is 21.9. The van der Waals surface area contributed by atoms with Gasteiger partial charge in [-0.3, -0.25) is 45.2 Å². The van der Waals surface area contributed by atoms with Crippen LogP contribution in [0.3, 0.4) is 0 Å². The van der Waals surface area contributed by atoms with Crippen LogP contribution in [0.25, 0.3) is 0 Å². The Hall–Kier alpha value is 0.660. The topological polar surface area (TPSA) is 291 Å². The Morgan fingerprint density at radius 3 is 1.19 bits per heavy atom. The Morgan fingerprint density at radius 2 is 0.887 bits per heavy atom. The zero-order valence-electron chi connectivity index (χ0n) is 31.1. The third-order valence-electron chi connectivity index (χ3n) is 7.42. The summed E-state index contributed by atoms with van der Waals surface area (Å²) in [5.74, 6) is -0.121. The molecule has 2 aliphatic rings. The van der Waals surface area contributed by atoms with Crippen molar-refractivity contribution in [1.82, 2.24) is 0 Å². The number of ether oxygens (including phenoxy) is 2. The van der Waals surface area contributed by atoms with Crippen LogP contribution in [0.15, 0.2) is 0 Å². The molecule has 2 heterocycles. The minimum absolute atomic E-state index is 0.121. The van der Waals surface area contributed by atoms with Gasteiger partial charge >= 0.3 is 46.9 Å². The van der Waals surface area contributed by atoms with Gasteiger partial charge in [0, 0.05) is 69.2 Å². The summed E-state index contributed by atoms with van der Waals surface area (Å²) in [6.07, 6.45) is -1.92. The van der Waals surface area contributed by atoms with Crippen molar-refractivity contribution < 1.29 is 110 Å². The maximum atomic E-state index is 12.6. The first-order valence-electron chi connectivity index (χ1n) is 15.5. The van der Waals surface area contributed by atoms with Gasteiger partial charge in [-0.25, -0.2) is 27.4 Å². The van der Waals surface area contributed by atoms with Crippen molar-refractivity contribution >= 4 is 46.9 Å². The van der Waals surface area contributed by atoms with E-state index >= 15 is 0 Å². The lowest BCUT2D eigenvalue weighted by molar-refractivity contribution is -0.0231. The summed E-state index contributed by atoms with van der Waals surface area (Å²) in [5.41, 5.74) is 0. The molecule has 11 unspecified atom stereocenters. The monoisotopic (exact) mass is 898 g/mol. The largest absolute Gasteiger partial charge is 0.492 e. The minimum atomic E-state index is -4.73. The number of aliphatic hydroxyl groups excluding tert-OH is 2. The Labute approximate surface area is 308 Å². The van der Waals surface area contributed by atoms with Gasteiger partial charge in [0.15, 0.2) is 0 Å². The quantitative estimate of drug-likeness (QED) is 0.105. The van der Waals surface area contributed by atoms with E-state index in [2.05, 4.69) is 44.8 Å². The van der Waals surface area contributed by atoms with E-state index in [9.17, 15) is 37.6 Å². The van der Waals surface area contributed by atoms with E-state index in [4.69, 9.17) is 27.1 Å². The number of phosphoric ester groups is 4.